The van der Waals surface area contributed by atoms with Crippen LogP contribution in [0.25, 0.3) is 0 Å². The van der Waals surface area contributed by atoms with Crippen molar-refractivity contribution in [2.75, 3.05) is 6.61 Å². The van der Waals surface area contributed by atoms with E-state index in [-0.39, 0.29) is 24.6 Å². The van der Waals surface area contributed by atoms with Gasteiger partial charge in [0.15, 0.2) is 0 Å². The molecule has 4 heteroatoms. The van der Waals surface area contributed by atoms with Gasteiger partial charge in [-0.25, -0.2) is 0 Å². The summed E-state index contributed by atoms with van der Waals surface area (Å²) in [7, 11) is 0. The molecule has 0 spiro atoms. The predicted molar refractivity (Wildman–Crippen MR) is 60.0 cm³/mol. The minimum atomic E-state index is -0.0371. The van der Waals surface area contributed by atoms with E-state index in [1.807, 2.05) is 25.1 Å². The summed E-state index contributed by atoms with van der Waals surface area (Å²) in [5.74, 6) is 0. The van der Waals surface area contributed by atoms with E-state index in [4.69, 9.17) is 22.1 Å². The topological polar surface area (TPSA) is 35.2 Å². The summed E-state index contributed by atoms with van der Waals surface area (Å²) >= 11 is 5.89. The Morgan fingerprint density at radius 2 is 2.14 bits per heavy atom. The van der Waals surface area contributed by atoms with Crippen LogP contribution in [0.15, 0.2) is 18.2 Å². The van der Waals surface area contributed by atoms with Crippen molar-refractivity contribution in [1.82, 2.24) is 0 Å². The van der Waals surface area contributed by atoms with Crippen LogP contribution in [0.4, 0.5) is 0 Å². The van der Waals surface area contributed by atoms with E-state index in [2.05, 4.69) is 0 Å². The zero-order valence-electron chi connectivity index (χ0n) is 7.87. The fraction of sp³-hybridized carbons (Fsp3) is 0.400. The number of ether oxygens (including phenoxy) is 1. The van der Waals surface area contributed by atoms with Crippen LogP contribution in [0.5, 0.6) is 0 Å². The van der Waals surface area contributed by atoms with Crippen molar-refractivity contribution < 1.29 is 4.74 Å². The number of benzene rings is 1. The Kier molecular flexibility index (Phi) is 3.78. The maximum absolute atomic E-state index is 5.89. The minimum absolute atomic E-state index is 0. The van der Waals surface area contributed by atoms with E-state index in [1.165, 1.54) is 0 Å². The summed E-state index contributed by atoms with van der Waals surface area (Å²) in [5.41, 5.74) is 8.17. The van der Waals surface area contributed by atoms with Gasteiger partial charge in [0.2, 0.25) is 0 Å². The maximum atomic E-state index is 5.89. The van der Waals surface area contributed by atoms with Crippen LogP contribution >= 0.6 is 24.0 Å². The van der Waals surface area contributed by atoms with Crippen LogP contribution in [0.3, 0.4) is 0 Å². The number of hydrogen-bond acceptors (Lipinski definition) is 2. The van der Waals surface area contributed by atoms with Crippen molar-refractivity contribution in [3.05, 3.63) is 34.3 Å². The number of nitrogens with two attached hydrogens (primary N) is 1. The molecule has 0 amide bonds. The third-order valence-corrected chi connectivity index (χ3v) is 2.65. The molecule has 1 heterocycles. The van der Waals surface area contributed by atoms with Gasteiger partial charge in [0.05, 0.1) is 18.8 Å². The summed E-state index contributed by atoms with van der Waals surface area (Å²) in [4.78, 5) is 0. The standard InChI is InChI=1S/C10H12ClNO.ClH/c1-6-8-3-2-7(11)4-9(8)10(12)5-13-6;/h2-4,6,10H,5,12H2,1H3;1H/t6-,10-;/m1./s1. The molecule has 1 aromatic carbocycles. The molecule has 0 saturated carbocycles. The second kappa shape index (κ2) is 4.49. The molecule has 0 radical (unpaired) electrons. The van der Waals surface area contributed by atoms with Crippen LogP contribution < -0.4 is 5.73 Å². The molecule has 2 N–H and O–H groups in total. The Morgan fingerprint density at radius 1 is 1.43 bits per heavy atom. The highest BCUT2D eigenvalue weighted by atomic mass is 35.5. The van der Waals surface area contributed by atoms with Crippen LogP contribution in [0, 0.1) is 0 Å². The van der Waals surface area contributed by atoms with Gasteiger partial charge >= 0.3 is 0 Å². The first-order valence-electron chi connectivity index (χ1n) is 4.35. The average Bonchev–Trinajstić information content (AvgIpc) is 2.12. The predicted octanol–water partition coefficient (Wildman–Crippen LogP) is 2.85. The number of hydrogen-bond donors (Lipinski definition) is 1. The second-order valence-electron chi connectivity index (χ2n) is 3.36. The third-order valence-electron chi connectivity index (χ3n) is 2.41. The van der Waals surface area contributed by atoms with Crippen LogP contribution in [0.1, 0.15) is 30.2 Å². The van der Waals surface area contributed by atoms with Gasteiger partial charge in [-0.1, -0.05) is 17.7 Å². The lowest BCUT2D eigenvalue weighted by molar-refractivity contribution is 0.0408. The molecule has 1 aliphatic rings. The molecule has 0 aromatic heterocycles. The number of rotatable bonds is 0. The zero-order valence-corrected chi connectivity index (χ0v) is 9.44. The van der Waals surface area contributed by atoms with E-state index in [9.17, 15) is 0 Å². The first-order chi connectivity index (χ1) is 6.18. The molecule has 0 aliphatic carbocycles. The van der Waals surface area contributed by atoms with Crippen molar-refractivity contribution >= 4 is 24.0 Å². The monoisotopic (exact) mass is 233 g/mol. The molecule has 14 heavy (non-hydrogen) atoms. The molecule has 0 fully saturated rings. The molecule has 1 aliphatic heterocycles. The Balaban J connectivity index is 0.000000980. The quantitative estimate of drug-likeness (QED) is 0.749. The normalized spacial score (nSPS) is 25.1. The fourth-order valence-electron chi connectivity index (χ4n) is 1.66. The molecule has 2 nitrogen and oxygen atoms in total. The molecule has 1 aromatic rings. The first-order valence-corrected chi connectivity index (χ1v) is 4.73. The maximum Gasteiger partial charge on any atom is 0.0801 e. The third kappa shape index (κ3) is 2.04. The molecule has 78 valence electrons. The Hall–Kier alpha value is -0.280. The summed E-state index contributed by atoms with van der Waals surface area (Å²) in [6.07, 6.45) is 0.132. The van der Waals surface area contributed by atoms with E-state index in [0.717, 1.165) is 16.1 Å². The van der Waals surface area contributed by atoms with Crippen LogP contribution in [0.2, 0.25) is 5.02 Å². The van der Waals surface area contributed by atoms with E-state index in [1.54, 1.807) is 0 Å². The molecule has 0 bridgehead atoms. The molecule has 2 atom stereocenters. The van der Waals surface area contributed by atoms with Crippen molar-refractivity contribution in [2.45, 2.75) is 19.1 Å². The van der Waals surface area contributed by atoms with Crippen molar-refractivity contribution in [3.63, 3.8) is 0 Å². The number of halogens is 2. The summed E-state index contributed by atoms with van der Waals surface area (Å²) in [6, 6.07) is 5.75. The average molecular weight is 234 g/mol. The largest absolute Gasteiger partial charge is 0.372 e. The van der Waals surface area contributed by atoms with Gasteiger partial charge < -0.3 is 10.5 Å². The van der Waals surface area contributed by atoms with E-state index >= 15 is 0 Å². The van der Waals surface area contributed by atoms with E-state index in [0.29, 0.717) is 6.61 Å². The van der Waals surface area contributed by atoms with Crippen molar-refractivity contribution in [3.8, 4) is 0 Å². The van der Waals surface area contributed by atoms with Crippen molar-refractivity contribution in [1.29, 1.82) is 0 Å². The molecular formula is C10H13Cl2NO. The van der Waals surface area contributed by atoms with Crippen LogP contribution in [-0.2, 0) is 4.74 Å². The van der Waals surface area contributed by atoms with E-state index < -0.39 is 0 Å². The van der Waals surface area contributed by atoms with Crippen molar-refractivity contribution in [2.24, 2.45) is 5.73 Å². The lowest BCUT2D eigenvalue weighted by atomic mass is 9.95. The van der Waals surface area contributed by atoms with Crippen LogP contribution in [-0.4, -0.2) is 6.61 Å². The summed E-state index contributed by atoms with van der Waals surface area (Å²) < 4.78 is 5.49. The fourth-order valence-corrected chi connectivity index (χ4v) is 1.85. The second-order valence-corrected chi connectivity index (χ2v) is 3.79. The summed E-state index contributed by atoms with van der Waals surface area (Å²) in [5, 5.41) is 0.739. The van der Waals surface area contributed by atoms with Gasteiger partial charge in [-0.15, -0.1) is 12.4 Å². The highest BCUT2D eigenvalue weighted by molar-refractivity contribution is 6.30. The first kappa shape index (κ1) is 11.8. The molecule has 0 saturated heterocycles. The van der Waals surface area contributed by atoms with Gasteiger partial charge in [-0.2, -0.15) is 0 Å². The Bertz CT molecular complexity index is 330. The Labute approximate surface area is 94.8 Å². The Morgan fingerprint density at radius 3 is 2.86 bits per heavy atom. The smallest absolute Gasteiger partial charge is 0.0801 e. The van der Waals surface area contributed by atoms with Gasteiger partial charge in [0, 0.05) is 5.02 Å². The van der Waals surface area contributed by atoms with Gasteiger partial charge in [-0.3, -0.25) is 0 Å². The highest BCUT2D eigenvalue weighted by Crippen LogP contribution is 2.32. The summed E-state index contributed by atoms with van der Waals surface area (Å²) in [6.45, 7) is 2.60. The molecular weight excluding hydrogens is 221 g/mol. The highest BCUT2D eigenvalue weighted by Gasteiger charge is 2.22. The molecule has 2 rings (SSSR count). The van der Waals surface area contributed by atoms with Gasteiger partial charge in [0.1, 0.15) is 0 Å². The lowest BCUT2D eigenvalue weighted by Crippen LogP contribution is -2.25. The lowest BCUT2D eigenvalue weighted by Gasteiger charge is -2.27. The van der Waals surface area contributed by atoms with Gasteiger partial charge in [0.25, 0.3) is 0 Å². The number of fused-ring (bicyclic) bond motifs is 1. The SMILES string of the molecule is C[C@H]1OC[C@@H](N)c2cc(Cl)ccc21.Cl. The van der Waals surface area contributed by atoms with Gasteiger partial charge in [-0.05, 0) is 30.2 Å². The molecule has 0 unspecified atom stereocenters. The minimum Gasteiger partial charge on any atom is -0.372 e. The zero-order chi connectivity index (χ0) is 9.42.